The fourth-order valence-electron chi connectivity index (χ4n) is 1.04. The van der Waals surface area contributed by atoms with Gasteiger partial charge in [0, 0.05) is 6.54 Å². The maximum Gasteiger partial charge on any atom is 0.169 e. The smallest absolute Gasteiger partial charge is 0.169 e. The van der Waals surface area contributed by atoms with Gasteiger partial charge in [-0.15, -0.1) is 0 Å². The van der Waals surface area contributed by atoms with E-state index in [0.717, 1.165) is 21.7 Å². The zero-order chi connectivity index (χ0) is 7.84. The van der Waals surface area contributed by atoms with Crippen molar-refractivity contribution in [3.05, 3.63) is 17.5 Å². The Morgan fingerprint density at radius 2 is 2.55 bits per heavy atom. The van der Waals surface area contributed by atoms with Crippen LogP contribution in [0, 0.1) is 6.92 Å². The predicted octanol–water partition coefficient (Wildman–Crippen LogP) is 1.66. The minimum Gasteiger partial charge on any atom is -0.458 e. The average Bonchev–Trinajstić information content (AvgIpc) is 2.45. The van der Waals surface area contributed by atoms with Crippen LogP contribution in [0.1, 0.15) is 11.5 Å². The number of furan rings is 1. The van der Waals surface area contributed by atoms with E-state index >= 15 is 0 Å². The van der Waals surface area contributed by atoms with E-state index in [1.165, 1.54) is 11.5 Å². The van der Waals surface area contributed by atoms with E-state index < -0.39 is 0 Å². The molecule has 3 nitrogen and oxygen atoms in total. The van der Waals surface area contributed by atoms with Crippen LogP contribution in [0.15, 0.2) is 10.5 Å². The van der Waals surface area contributed by atoms with Crippen molar-refractivity contribution < 1.29 is 4.42 Å². The molecule has 0 aliphatic heterocycles. The van der Waals surface area contributed by atoms with Gasteiger partial charge in [0.15, 0.2) is 5.58 Å². The highest BCUT2D eigenvalue weighted by Gasteiger charge is 2.08. The molecule has 0 radical (unpaired) electrons. The highest BCUT2D eigenvalue weighted by Crippen LogP contribution is 2.25. The molecule has 2 aromatic rings. The summed E-state index contributed by atoms with van der Waals surface area (Å²) in [5.74, 6) is 0.920. The molecule has 0 aliphatic rings. The van der Waals surface area contributed by atoms with Crippen LogP contribution in [0.2, 0.25) is 0 Å². The van der Waals surface area contributed by atoms with Crippen LogP contribution in [-0.4, -0.2) is 4.37 Å². The number of nitrogens with two attached hydrogens (primary N) is 1. The average molecular weight is 168 g/mol. The van der Waals surface area contributed by atoms with Gasteiger partial charge in [0.2, 0.25) is 0 Å². The van der Waals surface area contributed by atoms with Gasteiger partial charge in [-0.3, -0.25) is 0 Å². The number of aromatic nitrogens is 1. The number of nitrogens with zero attached hydrogens (tertiary/aromatic N) is 1. The maximum absolute atomic E-state index is 5.45. The number of hydrogen-bond acceptors (Lipinski definition) is 4. The monoisotopic (exact) mass is 168 g/mol. The summed E-state index contributed by atoms with van der Waals surface area (Å²) in [6.45, 7) is 2.37. The van der Waals surface area contributed by atoms with Crippen molar-refractivity contribution in [1.82, 2.24) is 4.37 Å². The van der Waals surface area contributed by atoms with Gasteiger partial charge in [0.05, 0.1) is 4.70 Å². The molecular formula is C7H8N2OS. The van der Waals surface area contributed by atoms with Gasteiger partial charge < -0.3 is 10.2 Å². The normalized spacial score (nSPS) is 11.1. The Balaban J connectivity index is 2.73. The third-order valence-corrected chi connectivity index (χ3v) is 2.34. The molecule has 0 spiro atoms. The molecule has 0 atom stereocenters. The van der Waals surface area contributed by atoms with Crippen molar-refractivity contribution >= 4 is 21.8 Å². The molecular weight excluding hydrogens is 160 g/mol. The Morgan fingerprint density at radius 1 is 1.73 bits per heavy atom. The lowest BCUT2D eigenvalue weighted by molar-refractivity contribution is 0.573. The Hall–Kier alpha value is -0.870. The lowest BCUT2D eigenvalue weighted by atomic mass is 10.4. The molecule has 4 heteroatoms. The number of hydrogen-bond donors (Lipinski definition) is 1. The van der Waals surface area contributed by atoms with E-state index in [1.807, 2.05) is 13.0 Å². The minimum atomic E-state index is 0.451. The molecule has 2 N–H and O–H groups in total. The van der Waals surface area contributed by atoms with Crippen LogP contribution in [0.25, 0.3) is 10.3 Å². The summed E-state index contributed by atoms with van der Waals surface area (Å²) >= 11 is 1.44. The van der Waals surface area contributed by atoms with Crippen molar-refractivity contribution in [2.75, 3.05) is 0 Å². The molecule has 11 heavy (non-hydrogen) atoms. The summed E-state index contributed by atoms with van der Waals surface area (Å²) in [7, 11) is 0. The van der Waals surface area contributed by atoms with Crippen molar-refractivity contribution in [1.29, 1.82) is 0 Å². The first-order chi connectivity index (χ1) is 5.31. The summed E-state index contributed by atoms with van der Waals surface area (Å²) in [5.41, 5.74) is 7.17. The summed E-state index contributed by atoms with van der Waals surface area (Å²) in [5, 5.41) is 0. The van der Waals surface area contributed by atoms with E-state index in [-0.39, 0.29) is 0 Å². The van der Waals surface area contributed by atoms with Crippen LogP contribution in [0.5, 0.6) is 0 Å². The zero-order valence-electron chi connectivity index (χ0n) is 6.13. The first-order valence-corrected chi connectivity index (χ1v) is 4.13. The molecule has 58 valence electrons. The molecule has 0 amide bonds. The van der Waals surface area contributed by atoms with E-state index in [4.69, 9.17) is 10.2 Å². The topological polar surface area (TPSA) is 52.0 Å². The largest absolute Gasteiger partial charge is 0.458 e. The van der Waals surface area contributed by atoms with Gasteiger partial charge in [-0.05, 0) is 24.5 Å². The molecule has 2 rings (SSSR count). The molecule has 2 heterocycles. The zero-order valence-corrected chi connectivity index (χ0v) is 6.94. The lowest BCUT2D eigenvalue weighted by Gasteiger charge is -1.84. The van der Waals surface area contributed by atoms with Gasteiger partial charge in [-0.1, -0.05) is 0 Å². The Bertz CT molecular complexity index is 377. The van der Waals surface area contributed by atoms with Crippen LogP contribution in [0.4, 0.5) is 0 Å². The summed E-state index contributed by atoms with van der Waals surface area (Å²) in [4.78, 5) is 0. The Morgan fingerprint density at radius 3 is 3.27 bits per heavy atom. The summed E-state index contributed by atoms with van der Waals surface area (Å²) < 4.78 is 10.6. The second-order valence-corrected chi connectivity index (χ2v) is 3.19. The molecule has 0 aromatic carbocycles. The number of rotatable bonds is 1. The SMILES string of the molecule is Cc1cc2snc(CN)c2o1. The quantitative estimate of drug-likeness (QED) is 0.704. The molecule has 0 saturated carbocycles. The molecule has 0 unspecified atom stereocenters. The van der Waals surface area contributed by atoms with Gasteiger partial charge >= 0.3 is 0 Å². The predicted molar refractivity (Wildman–Crippen MR) is 44.5 cm³/mol. The van der Waals surface area contributed by atoms with Crippen molar-refractivity contribution in [3.8, 4) is 0 Å². The second-order valence-electron chi connectivity index (χ2n) is 2.38. The Kier molecular flexibility index (Phi) is 1.44. The van der Waals surface area contributed by atoms with E-state index in [2.05, 4.69) is 4.37 Å². The molecule has 0 fully saturated rings. The van der Waals surface area contributed by atoms with Crippen molar-refractivity contribution in [3.63, 3.8) is 0 Å². The lowest BCUT2D eigenvalue weighted by Crippen LogP contribution is -1.95. The Labute approximate surface area is 68.0 Å². The van der Waals surface area contributed by atoms with Crippen LogP contribution >= 0.6 is 11.5 Å². The van der Waals surface area contributed by atoms with Gasteiger partial charge in [-0.2, -0.15) is 4.37 Å². The van der Waals surface area contributed by atoms with Crippen molar-refractivity contribution in [2.45, 2.75) is 13.5 Å². The van der Waals surface area contributed by atoms with E-state index in [9.17, 15) is 0 Å². The molecule has 2 aromatic heterocycles. The molecule has 0 bridgehead atoms. The first-order valence-electron chi connectivity index (χ1n) is 3.36. The minimum absolute atomic E-state index is 0.451. The van der Waals surface area contributed by atoms with Crippen LogP contribution < -0.4 is 5.73 Å². The van der Waals surface area contributed by atoms with Crippen molar-refractivity contribution in [2.24, 2.45) is 5.73 Å². The second kappa shape index (κ2) is 2.32. The standard InChI is InChI=1S/C7H8N2OS/c1-4-2-6-7(10-4)5(3-8)9-11-6/h2H,3,8H2,1H3. The number of aryl methyl sites for hydroxylation is 1. The third-order valence-electron chi connectivity index (χ3n) is 1.53. The van der Waals surface area contributed by atoms with E-state index in [0.29, 0.717) is 6.54 Å². The van der Waals surface area contributed by atoms with E-state index in [1.54, 1.807) is 0 Å². The first kappa shape index (κ1) is 6.82. The third kappa shape index (κ3) is 0.948. The van der Waals surface area contributed by atoms with Gasteiger partial charge in [-0.25, -0.2) is 0 Å². The number of fused-ring (bicyclic) bond motifs is 1. The van der Waals surface area contributed by atoms with Crippen LogP contribution in [-0.2, 0) is 6.54 Å². The highest BCUT2D eigenvalue weighted by atomic mass is 32.1. The maximum atomic E-state index is 5.45. The highest BCUT2D eigenvalue weighted by molar-refractivity contribution is 7.13. The summed E-state index contributed by atoms with van der Waals surface area (Å²) in [6, 6.07) is 1.98. The van der Waals surface area contributed by atoms with Gasteiger partial charge in [0.25, 0.3) is 0 Å². The molecule has 0 saturated heterocycles. The fraction of sp³-hybridized carbons (Fsp3) is 0.286. The molecule has 0 aliphatic carbocycles. The fourth-order valence-corrected chi connectivity index (χ4v) is 1.86. The van der Waals surface area contributed by atoms with Crippen LogP contribution in [0.3, 0.4) is 0 Å². The summed E-state index contributed by atoms with van der Waals surface area (Å²) in [6.07, 6.45) is 0. The van der Waals surface area contributed by atoms with Gasteiger partial charge in [0.1, 0.15) is 11.5 Å².